The van der Waals surface area contributed by atoms with E-state index < -0.39 is 46.8 Å². The summed E-state index contributed by atoms with van der Waals surface area (Å²) < 4.78 is 45.1. The number of aromatic hydroxyl groups is 1. The summed E-state index contributed by atoms with van der Waals surface area (Å²) in [6.45, 7) is 8.47. The molecule has 2 aromatic heterocycles. The van der Waals surface area contributed by atoms with Crippen LogP contribution in [0.1, 0.15) is 96.9 Å². The van der Waals surface area contributed by atoms with Crippen LogP contribution in [0.5, 0.6) is 11.8 Å². The number of likely N-dealkylation sites (tertiary alicyclic amines) is 1. The van der Waals surface area contributed by atoms with E-state index in [0.717, 1.165) is 68.4 Å². The van der Waals surface area contributed by atoms with Gasteiger partial charge < -0.3 is 35.0 Å². The third kappa shape index (κ3) is 9.12. The number of piperidine rings is 1. The molecular formula is C57H58F2N10O8. The third-order valence-corrected chi connectivity index (χ3v) is 16.9. The van der Waals surface area contributed by atoms with Gasteiger partial charge in [-0.1, -0.05) is 24.1 Å². The number of aromatic nitrogens is 3. The molecule has 0 saturated carbocycles. The number of ether oxygens (including phenoxy) is 2. The topological polar surface area (TPSA) is 212 Å². The average molecular weight is 1050 g/mol. The SMILES string of the molecule is C#Cc1c(F)ccc2cc(O)cc(-c3ncc4c(N5CC6CCCC5CN6)nc(OC[C@@]56CC[C@@H](COC(=O)N7CCC(CCCNc8ccc9c(c8)C(=O)N(C8CCC(=O)NC8=O)C9=O)C7)N5CC(=C)C6)nc4c3F)c12. The Labute approximate surface area is 442 Å². The number of nitrogens with zero attached hydrogens (tertiary/aromatic N) is 7. The smallest absolute Gasteiger partial charge is 0.409 e. The van der Waals surface area contributed by atoms with E-state index in [4.69, 9.17) is 25.9 Å². The normalized spacial score (nSPS) is 25.1. The quantitative estimate of drug-likeness (QED) is 0.0433. The van der Waals surface area contributed by atoms with Crippen LogP contribution in [0.25, 0.3) is 32.9 Å². The van der Waals surface area contributed by atoms with E-state index >= 15 is 8.78 Å². The van der Waals surface area contributed by atoms with E-state index in [1.807, 2.05) is 0 Å². The number of fused-ring (bicyclic) bond motifs is 8. The molecule has 0 spiro atoms. The van der Waals surface area contributed by atoms with Gasteiger partial charge in [0, 0.05) is 86.6 Å². The van der Waals surface area contributed by atoms with Crippen LogP contribution in [-0.2, 0) is 14.3 Å². The van der Waals surface area contributed by atoms with Gasteiger partial charge in [0.15, 0.2) is 5.82 Å². The lowest BCUT2D eigenvalue weighted by atomic mass is 9.94. The number of phenolic OH excluding ortho intramolecular Hbond substituents is 1. The van der Waals surface area contributed by atoms with E-state index in [9.17, 15) is 29.1 Å². The fraction of sp³-hybridized carbons (Fsp3) is 0.439. The van der Waals surface area contributed by atoms with Crippen LogP contribution >= 0.6 is 0 Å². The van der Waals surface area contributed by atoms with Gasteiger partial charge in [0.2, 0.25) is 11.8 Å². The number of carbonyl (C=O) groups excluding carboxylic acids is 5. The van der Waals surface area contributed by atoms with Crippen molar-refractivity contribution in [2.75, 3.05) is 62.7 Å². The van der Waals surface area contributed by atoms with Crippen molar-refractivity contribution < 1.29 is 47.3 Å². The summed E-state index contributed by atoms with van der Waals surface area (Å²) in [7, 11) is 0. The number of amides is 5. The fourth-order valence-electron chi connectivity index (χ4n) is 13.1. The second kappa shape index (κ2) is 20.0. The number of phenols is 1. The molecule has 6 atom stereocenters. The predicted molar refractivity (Wildman–Crippen MR) is 280 cm³/mol. The van der Waals surface area contributed by atoms with Gasteiger partial charge in [-0.25, -0.2) is 13.6 Å². The molecule has 13 rings (SSSR count). The maximum absolute atomic E-state index is 17.4. The van der Waals surface area contributed by atoms with Crippen molar-refractivity contribution >= 4 is 62.9 Å². The number of anilines is 2. The molecule has 2 bridgehead atoms. The van der Waals surface area contributed by atoms with Crippen molar-refractivity contribution in [3.05, 3.63) is 89.1 Å². The minimum Gasteiger partial charge on any atom is -0.508 e. The van der Waals surface area contributed by atoms with Gasteiger partial charge in [-0.05, 0) is 112 Å². The van der Waals surface area contributed by atoms with E-state index in [1.165, 1.54) is 30.5 Å². The molecule has 5 aromatic rings. The van der Waals surface area contributed by atoms with Crippen molar-refractivity contribution in [3.63, 3.8) is 0 Å². The number of terminal acetylenes is 1. The third-order valence-electron chi connectivity index (χ3n) is 16.9. The maximum Gasteiger partial charge on any atom is 0.409 e. The molecule has 4 unspecified atom stereocenters. The molecule has 0 aliphatic carbocycles. The Morgan fingerprint density at radius 3 is 2.70 bits per heavy atom. The fourth-order valence-corrected chi connectivity index (χ4v) is 13.1. The van der Waals surface area contributed by atoms with Gasteiger partial charge in [-0.15, -0.1) is 6.42 Å². The van der Waals surface area contributed by atoms with E-state index in [2.05, 4.69) is 43.2 Å². The zero-order valence-corrected chi connectivity index (χ0v) is 42.4. The minimum atomic E-state index is -1.03. The number of rotatable bonds is 13. The Morgan fingerprint density at radius 2 is 1.86 bits per heavy atom. The molecule has 8 aliphatic rings. The first-order valence-corrected chi connectivity index (χ1v) is 26.6. The Balaban J connectivity index is 0.691. The molecule has 5 amide bonds. The van der Waals surface area contributed by atoms with Crippen molar-refractivity contribution in [3.8, 4) is 35.4 Å². The minimum absolute atomic E-state index is 0.00802. The molecule has 398 valence electrons. The summed E-state index contributed by atoms with van der Waals surface area (Å²) in [5.74, 6) is -0.609. The second-order valence-corrected chi connectivity index (χ2v) is 21.7. The number of hydrogen-bond acceptors (Lipinski definition) is 15. The van der Waals surface area contributed by atoms with Gasteiger partial charge in [-0.3, -0.25) is 39.3 Å². The summed E-state index contributed by atoms with van der Waals surface area (Å²) in [5.41, 5.74) is 1.50. The van der Waals surface area contributed by atoms with Crippen molar-refractivity contribution in [2.24, 2.45) is 5.92 Å². The van der Waals surface area contributed by atoms with E-state index in [0.29, 0.717) is 61.4 Å². The van der Waals surface area contributed by atoms with Crippen LogP contribution in [-0.4, -0.2) is 147 Å². The summed E-state index contributed by atoms with van der Waals surface area (Å²) in [6.07, 6.45) is 14.7. The summed E-state index contributed by atoms with van der Waals surface area (Å²) in [5, 5.41) is 21.0. The highest BCUT2D eigenvalue weighted by atomic mass is 19.1. The van der Waals surface area contributed by atoms with Gasteiger partial charge in [0.25, 0.3) is 11.8 Å². The molecule has 8 aliphatic heterocycles. The van der Waals surface area contributed by atoms with Gasteiger partial charge >= 0.3 is 12.1 Å². The van der Waals surface area contributed by atoms with Crippen molar-refractivity contribution in [1.29, 1.82) is 0 Å². The Morgan fingerprint density at radius 1 is 1.00 bits per heavy atom. The number of nitrogens with one attached hydrogen (secondary N) is 3. The molecule has 20 heteroatoms. The lowest BCUT2D eigenvalue weighted by Crippen LogP contribution is -2.54. The molecule has 77 heavy (non-hydrogen) atoms. The highest BCUT2D eigenvalue weighted by molar-refractivity contribution is 6.23. The summed E-state index contributed by atoms with van der Waals surface area (Å²) in [4.78, 5) is 85.6. The lowest BCUT2D eigenvalue weighted by Gasteiger charge is -2.39. The zero-order chi connectivity index (χ0) is 53.3. The summed E-state index contributed by atoms with van der Waals surface area (Å²) in [6, 6.07) is 9.60. The van der Waals surface area contributed by atoms with Crippen LogP contribution in [0.4, 0.5) is 25.1 Å². The van der Waals surface area contributed by atoms with E-state index in [-0.39, 0.29) is 107 Å². The largest absolute Gasteiger partial charge is 0.508 e. The first-order chi connectivity index (χ1) is 37.2. The molecule has 18 nitrogen and oxygen atoms in total. The lowest BCUT2D eigenvalue weighted by molar-refractivity contribution is -0.136. The van der Waals surface area contributed by atoms with Gasteiger partial charge in [-0.2, -0.15) is 9.97 Å². The predicted octanol–water partition coefficient (Wildman–Crippen LogP) is 6.43. The molecule has 7 saturated heterocycles. The number of imide groups is 2. The number of benzene rings is 3. The summed E-state index contributed by atoms with van der Waals surface area (Å²) >= 11 is 0. The van der Waals surface area contributed by atoms with Crippen molar-refractivity contribution in [1.82, 2.24) is 40.3 Å². The second-order valence-electron chi connectivity index (χ2n) is 21.7. The standard InChI is InChI=1S/C57H58F2N10O8/c1-3-39-44(58)12-9-33-20-38(70)22-42(47(33)39)49-48(59)50-43(25-62-49)51(67-28-35-7-4-8-36(67)24-61-35)65-55(64-50)77-30-57-17-15-37(68(57)26-31(2)23-57)29-76-56(75)66-19-16-32(27-66)6-5-18-60-34-10-11-40-41(21-34)54(74)69(53(40)73)45-13-14-46(71)63-52(45)72/h1,9-12,20-22,25,32,35-37,45,60-61,70H,2,4-8,13-19,23-24,26-30H2,(H,63,71,72)/t32?,35?,36?,37-,45?,57-/m0/s1. The molecule has 7 fully saturated rings. The van der Waals surface area contributed by atoms with Crippen molar-refractivity contribution in [2.45, 2.75) is 100 Å². The molecular weight excluding hydrogens is 991 g/mol. The highest BCUT2D eigenvalue weighted by Gasteiger charge is 2.52. The van der Waals surface area contributed by atoms with Gasteiger partial charge in [0.1, 0.15) is 47.9 Å². The average Bonchev–Trinajstić information content (AvgIpc) is 4.21. The van der Waals surface area contributed by atoms with Crippen LogP contribution in [0.15, 0.2) is 60.8 Å². The number of pyridine rings is 1. The number of hydrogen-bond donors (Lipinski definition) is 4. The van der Waals surface area contributed by atoms with Crippen LogP contribution in [0.2, 0.25) is 0 Å². The molecule has 0 radical (unpaired) electrons. The van der Waals surface area contributed by atoms with Gasteiger partial charge in [0.05, 0.1) is 27.6 Å². The Hall–Kier alpha value is -7.76. The number of halogens is 2. The number of piperazine rings is 1. The zero-order valence-electron chi connectivity index (χ0n) is 42.4. The number of carbonyl (C=O) groups is 5. The monoisotopic (exact) mass is 1050 g/mol. The molecule has 10 heterocycles. The molecule has 4 N–H and O–H groups in total. The van der Waals surface area contributed by atoms with Crippen LogP contribution < -0.4 is 25.6 Å². The van der Waals surface area contributed by atoms with Crippen LogP contribution in [0.3, 0.4) is 0 Å². The highest BCUT2D eigenvalue weighted by Crippen LogP contribution is 2.46. The Bertz CT molecular complexity index is 3360. The van der Waals surface area contributed by atoms with Crippen LogP contribution in [0, 0.1) is 29.9 Å². The Kier molecular flexibility index (Phi) is 13.0. The first-order valence-electron chi connectivity index (χ1n) is 26.6. The molecule has 3 aromatic carbocycles. The first kappa shape index (κ1) is 50.1. The van der Waals surface area contributed by atoms with E-state index in [1.54, 1.807) is 23.1 Å². The maximum atomic E-state index is 17.4.